The minimum absolute atomic E-state index is 0.0146. The van der Waals surface area contributed by atoms with Crippen LogP contribution in [0.5, 0.6) is 0 Å². The highest BCUT2D eigenvalue weighted by Gasteiger charge is 2.33. The lowest BCUT2D eigenvalue weighted by molar-refractivity contribution is -0.131. The summed E-state index contributed by atoms with van der Waals surface area (Å²) in [5.74, 6) is -0.120. The molecule has 0 saturated heterocycles. The summed E-state index contributed by atoms with van der Waals surface area (Å²) in [6.07, 6.45) is 3.36. The minimum Gasteiger partial charge on any atom is -0.445 e. The van der Waals surface area contributed by atoms with Crippen molar-refractivity contribution in [3.05, 3.63) is 35.9 Å². The Hall–Kier alpha value is -1.75. The number of alkyl halides is 1. The van der Waals surface area contributed by atoms with E-state index < -0.39 is 6.09 Å². The molecule has 0 aliphatic heterocycles. The molecule has 5 nitrogen and oxygen atoms in total. The molecule has 0 heterocycles. The summed E-state index contributed by atoms with van der Waals surface area (Å²) in [5, 5.41) is 2.93. The van der Waals surface area contributed by atoms with E-state index in [2.05, 4.69) is 5.32 Å². The summed E-state index contributed by atoms with van der Waals surface area (Å²) >= 11 is 5.71. The standard InChI is InChI=1S/C18H25ClN2O3/c1-2-21(17(22)12-19)16-11-7-6-10-15(16)20-18(23)24-13-14-8-4-3-5-9-14/h3-5,8-9,15-16H,2,6-7,10-13H2,1H3,(H,20,23)/t15-,16+/m1/s1. The first kappa shape index (κ1) is 18.6. The normalized spacial score (nSPS) is 20.2. The van der Waals surface area contributed by atoms with Crippen LogP contribution in [0.1, 0.15) is 38.2 Å². The fraction of sp³-hybridized carbons (Fsp3) is 0.556. The Balaban J connectivity index is 1.92. The highest BCUT2D eigenvalue weighted by Crippen LogP contribution is 2.24. The van der Waals surface area contributed by atoms with E-state index in [9.17, 15) is 9.59 Å². The maximum atomic E-state index is 12.1. The molecule has 2 rings (SSSR count). The van der Waals surface area contributed by atoms with Gasteiger partial charge in [0.15, 0.2) is 0 Å². The van der Waals surface area contributed by atoms with Crippen LogP contribution in [0.25, 0.3) is 0 Å². The number of halogens is 1. The number of rotatable bonds is 6. The molecule has 1 fully saturated rings. The molecule has 0 unspecified atom stereocenters. The number of carbonyl (C=O) groups is 2. The number of alkyl carbamates (subject to hydrolysis) is 1. The Kier molecular flexibility index (Phi) is 7.37. The van der Waals surface area contributed by atoms with E-state index in [0.717, 1.165) is 31.2 Å². The fourth-order valence-electron chi connectivity index (χ4n) is 3.24. The molecule has 2 amide bonds. The molecule has 2 atom stereocenters. The lowest BCUT2D eigenvalue weighted by atomic mass is 9.89. The van der Waals surface area contributed by atoms with Crippen LogP contribution in [-0.4, -0.2) is 41.4 Å². The van der Waals surface area contributed by atoms with E-state index >= 15 is 0 Å². The van der Waals surface area contributed by atoms with Crippen molar-refractivity contribution in [3.8, 4) is 0 Å². The maximum Gasteiger partial charge on any atom is 0.407 e. The van der Waals surface area contributed by atoms with Gasteiger partial charge in [0, 0.05) is 6.54 Å². The van der Waals surface area contributed by atoms with E-state index in [0.29, 0.717) is 6.54 Å². The molecule has 132 valence electrons. The zero-order valence-corrected chi connectivity index (χ0v) is 14.8. The third-order valence-electron chi connectivity index (χ3n) is 4.42. The first-order chi connectivity index (χ1) is 11.7. The number of nitrogens with one attached hydrogen (secondary N) is 1. The molecule has 0 aromatic heterocycles. The van der Waals surface area contributed by atoms with Crippen molar-refractivity contribution in [1.29, 1.82) is 0 Å². The monoisotopic (exact) mass is 352 g/mol. The van der Waals surface area contributed by atoms with Gasteiger partial charge in [0.25, 0.3) is 0 Å². The van der Waals surface area contributed by atoms with Crippen LogP contribution in [0.15, 0.2) is 30.3 Å². The molecule has 0 spiro atoms. The average molecular weight is 353 g/mol. The smallest absolute Gasteiger partial charge is 0.407 e. The molecule has 1 aromatic rings. The van der Waals surface area contributed by atoms with Crippen molar-refractivity contribution < 1.29 is 14.3 Å². The Morgan fingerprint density at radius 2 is 1.96 bits per heavy atom. The van der Waals surface area contributed by atoms with Crippen molar-refractivity contribution >= 4 is 23.6 Å². The summed E-state index contributed by atoms with van der Waals surface area (Å²) in [4.78, 5) is 25.9. The molecule has 1 aliphatic carbocycles. The third kappa shape index (κ3) is 5.13. The number of likely N-dealkylation sites (N-methyl/N-ethyl adjacent to an activating group) is 1. The van der Waals surface area contributed by atoms with E-state index in [-0.39, 0.29) is 30.5 Å². The van der Waals surface area contributed by atoms with E-state index in [4.69, 9.17) is 16.3 Å². The number of ether oxygens (including phenoxy) is 1. The summed E-state index contributed by atoms with van der Waals surface area (Å²) < 4.78 is 5.30. The summed E-state index contributed by atoms with van der Waals surface area (Å²) in [7, 11) is 0. The SMILES string of the molecule is CCN(C(=O)CCl)[C@H]1CCCC[C@H]1NC(=O)OCc1ccccc1. The predicted octanol–water partition coefficient (Wildman–Crippen LogP) is 3.31. The van der Waals surface area contributed by atoms with Gasteiger partial charge in [-0.15, -0.1) is 11.6 Å². The number of benzene rings is 1. The van der Waals surface area contributed by atoms with Crippen molar-refractivity contribution in [1.82, 2.24) is 10.2 Å². The molecule has 1 aliphatic rings. The van der Waals surface area contributed by atoms with Crippen LogP contribution >= 0.6 is 11.6 Å². The molecule has 24 heavy (non-hydrogen) atoms. The van der Waals surface area contributed by atoms with Gasteiger partial charge in [-0.25, -0.2) is 4.79 Å². The second-order valence-electron chi connectivity index (χ2n) is 5.98. The van der Waals surface area contributed by atoms with Crippen LogP contribution in [0.4, 0.5) is 4.79 Å². The summed E-state index contributed by atoms with van der Waals surface area (Å²) in [6, 6.07) is 9.45. The van der Waals surface area contributed by atoms with Crippen molar-refractivity contribution in [2.24, 2.45) is 0 Å². The van der Waals surface area contributed by atoms with Gasteiger partial charge in [0.05, 0.1) is 12.1 Å². The van der Waals surface area contributed by atoms with E-state index in [1.807, 2.05) is 37.3 Å². The van der Waals surface area contributed by atoms with Crippen molar-refractivity contribution in [2.75, 3.05) is 12.4 Å². The summed E-state index contributed by atoms with van der Waals surface area (Å²) in [6.45, 7) is 2.76. The van der Waals surface area contributed by atoms with Crippen LogP contribution in [0.2, 0.25) is 0 Å². The molecule has 6 heteroatoms. The molecule has 1 N–H and O–H groups in total. The van der Waals surface area contributed by atoms with Gasteiger partial charge in [0.1, 0.15) is 12.5 Å². The highest BCUT2D eigenvalue weighted by atomic mass is 35.5. The number of carbonyl (C=O) groups excluding carboxylic acids is 2. The van der Waals surface area contributed by atoms with Gasteiger partial charge in [-0.1, -0.05) is 43.2 Å². The second-order valence-corrected chi connectivity index (χ2v) is 6.25. The van der Waals surface area contributed by atoms with Gasteiger partial charge in [-0.05, 0) is 25.3 Å². The fourth-order valence-corrected chi connectivity index (χ4v) is 3.39. The number of nitrogens with zero attached hydrogens (tertiary/aromatic N) is 1. The van der Waals surface area contributed by atoms with E-state index in [1.165, 1.54) is 0 Å². The number of hydrogen-bond acceptors (Lipinski definition) is 3. The molecular weight excluding hydrogens is 328 g/mol. The molecule has 1 saturated carbocycles. The Labute approximate surface area is 148 Å². The maximum absolute atomic E-state index is 12.1. The first-order valence-corrected chi connectivity index (χ1v) is 9.01. The average Bonchev–Trinajstić information content (AvgIpc) is 2.62. The Morgan fingerprint density at radius 3 is 2.62 bits per heavy atom. The number of amides is 2. The third-order valence-corrected chi connectivity index (χ3v) is 4.65. The molecule has 1 aromatic carbocycles. The predicted molar refractivity (Wildman–Crippen MR) is 93.9 cm³/mol. The van der Waals surface area contributed by atoms with Crippen molar-refractivity contribution in [3.63, 3.8) is 0 Å². The Morgan fingerprint density at radius 1 is 1.25 bits per heavy atom. The van der Waals surface area contributed by atoms with Gasteiger partial charge >= 0.3 is 6.09 Å². The lowest BCUT2D eigenvalue weighted by Gasteiger charge is -2.39. The van der Waals surface area contributed by atoms with Gasteiger partial charge < -0.3 is 15.0 Å². The molecular formula is C18H25ClN2O3. The minimum atomic E-state index is -0.440. The lowest BCUT2D eigenvalue weighted by Crippen LogP contribution is -2.55. The molecule has 0 bridgehead atoms. The zero-order chi connectivity index (χ0) is 17.4. The van der Waals surface area contributed by atoms with Gasteiger partial charge in [-0.2, -0.15) is 0 Å². The van der Waals surface area contributed by atoms with Crippen LogP contribution in [-0.2, 0) is 16.1 Å². The van der Waals surface area contributed by atoms with E-state index in [1.54, 1.807) is 4.90 Å². The van der Waals surface area contributed by atoms with Gasteiger partial charge in [-0.3, -0.25) is 4.79 Å². The topological polar surface area (TPSA) is 58.6 Å². The van der Waals surface area contributed by atoms with Crippen LogP contribution < -0.4 is 5.32 Å². The molecule has 0 radical (unpaired) electrons. The summed E-state index contributed by atoms with van der Waals surface area (Å²) in [5.41, 5.74) is 0.945. The van der Waals surface area contributed by atoms with Gasteiger partial charge in [0.2, 0.25) is 5.91 Å². The van der Waals surface area contributed by atoms with Crippen molar-refractivity contribution in [2.45, 2.75) is 51.3 Å². The quantitative estimate of drug-likeness (QED) is 0.799. The van der Waals surface area contributed by atoms with Crippen LogP contribution in [0.3, 0.4) is 0 Å². The second kappa shape index (κ2) is 9.52. The highest BCUT2D eigenvalue weighted by molar-refractivity contribution is 6.27. The Bertz CT molecular complexity index is 538. The number of hydrogen-bond donors (Lipinski definition) is 1. The van der Waals surface area contributed by atoms with Crippen LogP contribution in [0, 0.1) is 0 Å². The largest absolute Gasteiger partial charge is 0.445 e. The first-order valence-electron chi connectivity index (χ1n) is 8.48. The zero-order valence-electron chi connectivity index (χ0n) is 14.0.